The van der Waals surface area contributed by atoms with Gasteiger partial charge in [-0.15, -0.1) is 0 Å². The molecule has 1 aromatic heterocycles. The van der Waals surface area contributed by atoms with E-state index in [1.807, 2.05) is 0 Å². The molecule has 1 N–H and O–H groups in total. The summed E-state index contributed by atoms with van der Waals surface area (Å²) in [5.74, 6) is 0.954. The molecule has 1 aliphatic rings. The van der Waals surface area contributed by atoms with Crippen molar-refractivity contribution < 1.29 is 19.1 Å². The van der Waals surface area contributed by atoms with Crippen molar-refractivity contribution in [3.05, 3.63) is 76.8 Å². The van der Waals surface area contributed by atoms with Crippen molar-refractivity contribution >= 4 is 35.1 Å². The summed E-state index contributed by atoms with van der Waals surface area (Å²) in [5, 5.41) is 3.20. The molecule has 0 saturated carbocycles. The first-order valence-electron chi connectivity index (χ1n) is 9.71. The Balaban J connectivity index is 1.41. The highest BCUT2D eigenvalue weighted by molar-refractivity contribution is 6.32. The minimum atomic E-state index is -0.314. The number of hydrogen-bond donors (Lipinski definition) is 1. The highest BCUT2D eigenvalue weighted by Crippen LogP contribution is 2.38. The van der Waals surface area contributed by atoms with Crippen molar-refractivity contribution in [2.75, 3.05) is 18.5 Å². The number of nitrogens with one attached hydrogen (secondary N) is 1. The highest BCUT2D eigenvalue weighted by atomic mass is 35.5. The summed E-state index contributed by atoms with van der Waals surface area (Å²) in [6, 6.07) is 10.2. The van der Waals surface area contributed by atoms with Gasteiger partial charge in [0.05, 0.1) is 18.2 Å². The number of halogens is 1. The zero-order valence-corrected chi connectivity index (χ0v) is 17.6. The summed E-state index contributed by atoms with van der Waals surface area (Å²) >= 11 is 6.28. The quantitative estimate of drug-likeness (QED) is 0.479. The fourth-order valence-electron chi connectivity index (χ4n) is 3.12. The molecule has 31 heavy (non-hydrogen) atoms. The number of imidazole rings is 1. The summed E-state index contributed by atoms with van der Waals surface area (Å²) in [5.41, 5.74) is 1.79. The highest BCUT2D eigenvalue weighted by Gasteiger charge is 2.15. The van der Waals surface area contributed by atoms with E-state index in [0.29, 0.717) is 46.8 Å². The van der Waals surface area contributed by atoms with Gasteiger partial charge in [-0.1, -0.05) is 11.6 Å². The number of aryl methyl sites for hydroxylation is 1. The molecule has 158 valence electrons. The van der Waals surface area contributed by atoms with Crippen LogP contribution in [-0.2, 0) is 11.8 Å². The maximum Gasteiger partial charge on any atom is 0.248 e. The molecule has 0 spiro atoms. The van der Waals surface area contributed by atoms with E-state index in [-0.39, 0.29) is 11.7 Å². The molecule has 3 aromatic rings. The fourth-order valence-corrected chi connectivity index (χ4v) is 3.39. The van der Waals surface area contributed by atoms with Gasteiger partial charge in [0, 0.05) is 43.2 Å². The van der Waals surface area contributed by atoms with E-state index in [1.54, 1.807) is 66.5 Å². The van der Waals surface area contributed by atoms with Gasteiger partial charge in [-0.05, 0) is 48.0 Å². The van der Waals surface area contributed by atoms with Crippen molar-refractivity contribution in [1.29, 1.82) is 0 Å². The van der Waals surface area contributed by atoms with Gasteiger partial charge in [0.15, 0.2) is 17.3 Å². The molecule has 2 aromatic carbocycles. The number of benzene rings is 2. The Bertz CT molecular complexity index is 1150. The number of carbonyl (C=O) groups excluding carboxylic acids is 2. The van der Waals surface area contributed by atoms with E-state index in [2.05, 4.69) is 10.3 Å². The minimum Gasteiger partial charge on any atom is -0.489 e. The minimum absolute atomic E-state index is 0.184. The van der Waals surface area contributed by atoms with Crippen molar-refractivity contribution in [3.63, 3.8) is 0 Å². The van der Waals surface area contributed by atoms with Crippen LogP contribution < -0.4 is 14.8 Å². The smallest absolute Gasteiger partial charge is 0.248 e. The third-order valence-corrected chi connectivity index (χ3v) is 4.97. The van der Waals surface area contributed by atoms with Gasteiger partial charge >= 0.3 is 0 Å². The SMILES string of the molecule is Cn1ccnc1C(=O)c1ccc(NC(=O)/C=C/c2cc(Cl)c3c(c2)OCCCO3)cc1. The monoisotopic (exact) mass is 437 g/mol. The van der Waals surface area contributed by atoms with Crippen LogP contribution in [0.4, 0.5) is 5.69 Å². The van der Waals surface area contributed by atoms with Crippen LogP contribution in [0.5, 0.6) is 11.5 Å². The predicted octanol–water partition coefficient (Wildman–Crippen LogP) is 4.12. The van der Waals surface area contributed by atoms with Gasteiger partial charge in [0.1, 0.15) is 0 Å². The summed E-state index contributed by atoms with van der Waals surface area (Å²) < 4.78 is 12.9. The van der Waals surface area contributed by atoms with Crippen molar-refractivity contribution in [2.24, 2.45) is 7.05 Å². The molecule has 0 unspecified atom stereocenters. The number of hydrogen-bond acceptors (Lipinski definition) is 5. The summed E-state index contributed by atoms with van der Waals surface area (Å²) in [4.78, 5) is 28.8. The molecule has 1 amide bonds. The lowest BCUT2D eigenvalue weighted by atomic mass is 10.1. The number of fused-ring (bicyclic) bond motifs is 1. The van der Waals surface area contributed by atoms with Gasteiger partial charge in [-0.3, -0.25) is 9.59 Å². The molecule has 4 rings (SSSR count). The molecular weight excluding hydrogens is 418 g/mol. The average molecular weight is 438 g/mol. The molecule has 1 aliphatic heterocycles. The lowest BCUT2D eigenvalue weighted by molar-refractivity contribution is -0.111. The Hall–Kier alpha value is -3.58. The topological polar surface area (TPSA) is 82.5 Å². The van der Waals surface area contributed by atoms with Crippen LogP contribution in [0.3, 0.4) is 0 Å². The van der Waals surface area contributed by atoms with Crippen LogP contribution in [0.25, 0.3) is 6.08 Å². The van der Waals surface area contributed by atoms with Gasteiger partial charge in [-0.2, -0.15) is 0 Å². The molecule has 2 heterocycles. The van der Waals surface area contributed by atoms with E-state index in [4.69, 9.17) is 21.1 Å². The maximum absolute atomic E-state index is 12.5. The lowest BCUT2D eigenvalue weighted by Crippen LogP contribution is -2.10. The normalized spacial score (nSPS) is 13.1. The predicted molar refractivity (Wildman–Crippen MR) is 118 cm³/mol. The second kappa shape index (κ2) is 9.06. The van der Waals surface area contributed by atoms with Crippen LogP contribution in [0.2, 0.25) is 5.02 Å². The third kappa shape index (κ3) is 4.78. The average Bonchev–Trinajstić information content (AvgIpc) is 3.04. The van der Waals surface area contributed by atoms with E-state index in [0.717, 1.165) is 12.0 Å². The van der Waals surface area contributed by atoms with E-state index < -0.39 is 0 Å². The third-order valence-electron chi connectivity index (χ3n) is 4.69. The number of carbonyl (C=O) groups is 2. The fraction of sp³-hybridized carbons (Fsp3) is 0.174. The second-order valence-corrected chi connectivity index (χ2v) is 7.38. The van der Waals surface area contributed by atoms with E-state index in [1.165, 1.54) is 6.08 Å². The first-order valence-corrected chi connectivity index (χ1v) is 10.1. The van der Waals surface area contributed by atoms with Crippen molar-refractivity contribution in [2.45, 2.75) is 6.42 Å². The summed E-state index contributed by atoms with van der Waals surface area (Å²) in [6.07, 6.45) is 7.12. The first kappa shape index (κ1) is 20.7. The standard InChI is InChI=1S/C23H20ClN3O4/c1-27-10-9-25-23(27)21(29)16-4-6-17(7-5-16)26-20(28)8-3-15-13-18(24)22-19(14-15)30-11-2-12-31-22/h3-10,13-14H,2,11-12H2,1H3,(H,26,28)/b8-3+. The first-order chi connectivity index (χ1) is 15.0. The molecule has 0 atom stereocenters. The maximum atomic E-state index is 12.5. The molecule has 0 saturated heterocycles. The van der Waals surface area contributed by atoms with Gasteiger partial charge in [-0.25, -0.2) is 4.98 Å². The van der Waals surface area contributed by atoms with Gasteiger partial charge in [0.2, 0.25) is 11.7 Å². The Labute approximate surface area is 184 Å². The number of aromatic nitrogens is 2. The molecule has 7 nitrogen and oxygen atoms in total. The van der Waals surface area contributed by atoms with Crippen LogP contribution >= 0.6 is 11.6 Å². The van der Waals surface area contributed by atoms with Gasteiger partial charge < -0.3 is 19.4 Å². The Kier molecular flexibility index (Phi) is 6.04. The van der Waals surface area contributed by atoms with Crippen LogP contribution in [0, 0.1) is 0 Å². The summed E-state index contributed by atoms with van der Waals surface area (Å²) in [7, 11) is 1.76. The molecule has 0 fully saturated rings. The number of amides is 1. The number of rotatable bonds is 5. The van der Waals surface area contributed by atoms with Crippen LogP contribution in [-0.4, -0.2) is 34.5 Å². The van der Waals surface area contributed by atoms with Crippen molar-refractivity contribution in [1.82, 2.24) is 9.55 Å². The number of ether oxygens (including phenoxy) is 2. The Morgan fingerprint density at radius 3 is 2.68 bits per heavy atom. The van der Waals surface area contributed by atoms with Crippen LogP contribution in [0.15, 0.2) is 54.9 Å². The molecule has 0 aliphatic carbocycles. The number of ketones is 1. The summed E-state index contributed by atoms with van der Waals surface area (Å²) in [6.45, 7) is 1.10. The zero-order chi connectivity index (χ0) is 21.8. The Morgan fingerprint density at radius 1 is 1.16 bits per heavy atom. The lowest BCUT2D eigenvalue weighted by Gasteiger charge is -2.10. The molecule has 8 heteroatoms. The number of nitrogens with zero attached hydrogens (tertiary/aromatic N) is 2. The zero-order valence-electron chi connectivity index (χ0n) is 16.8. The molecule has 0 bridgehead atoms. The number of anilines is 1. The molecular formula is C23H20ClN3O4. The Morgan fingerprint density at radius 2 is 1.94 bits per heavy atom. The van der Waals surface area contributed by atoms with Gasteiger partial charge in [0.25, 0.3) is 0 Å². The molecule has 0 radical (unpaired) electrons. The van der Waals surface area contributed by atoms with Crippen LogP contribution in [0.1, 0.15) is 28.2 Å². The van der Waals surface area contributed by atoms with E-state index in [9.17, 15) is 9.59 Å². The largest absolute Gasteiger partial charge is 0.489 e. The van der Waals surface area contributed by atoms with Crippen molar-refractivity contribution in [3.8, 4) is 11.5 Å². The second-order valence-electron chi connectivity index (χ2n) is 6.97. The van der Waals surface area contributed by atoms with E-state index >= 15 is 0 Å².